The average molecular weight is 245 g/mol. The lowest BCUT2D eigenvalue weighted by molar-refractivity contribution is 0.0973. The molecule has 1 heterocycles. The van der Waals surface area contributed by atoms with Crippen LogP contribution in [-0.2, 0) is 6.42 Å². The van der Waals surface area contributed by atoms with Crippen LogP contribution < -0.4 is 0 Å². The Morgan fingerprint density at radius 3 is 2.89 bits per heavy atom. The first kappa shape index (κ1) is 12.0. The first-order valence-electron chi connectivity index (χ1n) is 7.09. The van der Waals surface area contributed by atoms with Crippen molar-refractivity contribution >= 4 is 0 Å². The molecule has 2 aliphatic carbocycles. The van der Waals surface area contributed by atoms with E-state index in [9.17, 15) is 5.11 Å². The molecular formula is C16H23NO. The van der Waals surface area contributed by atoms with Crippen molar-refractivity contribution in [3.63, 3.8) is 0 Å². The smallest absolute Gasteiger partial charge is 0.0812 e. The van der Waals surface area contributed by atoms with Crippen LogP contribution in [0.4, 0.5) is 0 Å². The van der Waals surface area contributed by atoms with Gasteiger partial charge in [-0.25, -0.2) is 0 Å². The minimum atomic E-state index is -0.274. The minimum Gasteiger partial charge on any atom is -0.388 e. The molecule has 2 aliphatic rings. The Kier molecular flexibility index (Phi) is 2.86. The van der Waals surface area contributed by atoms with Crippen LogP contribution in [0.5, 0.6) is 0 Å². The van der Waals surface area contributed by atoms with Gasteiger partial charge in [-0.3, -0.25) is 0 Å². The summed E-state index contributed by atoms with van der Waals surface area (Å²) in [6.07, 6.45) is 12.0. The zero-order chi connectivity index (χ0) is 12.8. The number of hydrogen-bond donors (Lipinski definition) is 1. The first-order valence-corrected chi connectivity index (χ1v) is 7.09. The van der Waals surface area contributed by atoms with Crippen LogP contribution in [0.2, 0.25) is 0 Å². The summed E-state index contributed by atoms with van der Waals surface area (Å²) in [4.78, 5) is 0. The second-order valence-electron chi connectivity index (χ2n) is 6.62. The van der Waals surface area contributed by atoms with E-state index >= 15 is 0 Å². The lowest BCUT2D eigenvalue weighted by Gasteiger charge is -2.35. The maximum atomic E-state index is 10.3. The lowest BCUT2D eigenvalue weighted by Crippen LogP contribution is -2.27. The van der Waals surface area contributed by atoms with Crippen LogP contribution in [0.1, 0.15) is 62.9 Å². The third kappa shape index (κ3) is 2.03. The molecule has 0 aliphatic heterocycles. The van der Waals surface area contributed by atoms with Gasteiger partial charge in [-0.1, -0.05) is 26.0 Å². The number of allylic oxidation sites excluding steroid dienone is 2. The van der Waals surface area contributed by atoms with E-state index in [1.54, 1.807) is 0 Å². The Morgan fingerprint density at radius 1 is 1.33 bits per heavy atom. The highest BCUT2D eigenvalue weighted by molar-refractivity contribution is 5.30. The van der Waals surface area contributed by atoms with Crippen molar-refractivity contribution < 1.29 is 5.11 Å². The molecule has 0 spiro atoms. The van der Waals surface area contributed by atoms with Gasteiger partial charge in [0.1, 0.15) is 0 Å². The Morgan fingerprint density at radius 2 is 2.17 bits per heavy atom. The van der Waals surface area contributed by atoms with Crippen molar-refractivity contribution in [2.75, 3.05) is 0 Å². The number of aliphatic hydroxyl groups excluding tert-OH is 1. The van der Waals surface area contributed by atoms with Gasteiger partial charge in [0.05, 0.1) is 6.10 Å². The lowest BCUT2D eigenvalue weighted by atomic mass is 9.75. The van der Waals surface area contributed by atoms with Crippen LogP contribution in [0, 0.1) is 5.41 Å². The molecule has 0 amide bonds. The Balaban J connectivity index is 1.96. The van der Waals surface area contributed by atoms with Gasteiger partial charge in [0.25, 0.3) is 0 Å². The van der Waals surface area contributed by atoms with Gasteiger partial charge < -0.3 is 9.67 Å². The number of hydrogen-bond acceptors (Lipinski definition) is 1. The molecule has 98 valence electrons. The highest BCUT2D eigenvalue weighted by Gasteiger charge is 2.34. The summed E-state index contributed by atoms with van der Waals surface area (Å²) in [5.74, 6) is 0. The zero-order valence-electron chi connectivity index (χ0n) is 11.4. The van der Waals surface area contributed by atoms with Gasteiger partial charge in [-0.2, -0.15) is 0 Å². The van der Waals surface area contributed by atoms with E-state index in [1.165, 1.54) is 24.1 Å². The average Bonchev–Trinajstić information content (AvgIpc) is 2.72. The van der Waals surface area contributed by atoms with Crippen molar-refractivity contribution in [2.45, 2.75) is 58.1 Å². The molecule has 18 heavy (non-hydrogen) atoms. The summed E-state index contributed by atoms with van der Waals surface area (Å²) in [6, 6.07) is 2.73. The van der Waals surface area contributed by atoms with Crippen molar-refractivity contribution in [1.82, 2.24) is 4.57 Å². The van der Waals surface area contributed by atoms with Gasteiger partial charge >= 0.3 is 0 Å². The van der Waals surface area contributed by atoms with Crippen molar-refractivity contribution in [3.05, 3.63) is 35.7 Å². The Hall–Kier alpha value is -1.02. The van der Waals surface area contributed by atoms with E-state index in [1.807, 2.05) is 0 Å². The summed E-state index contributed by atoms with van der Waals surface area (Å²) in [7, 11) is 0. The first-order chi connectivity index (χ1) is 8.57. The largest absolute Gasteiger partial charge is 0.388 e. The summed E-state index contributed by atoms with van der Waals surface area (Å²) < 4.78 is 2.43. The summed E-state index contributed by atoms with van der Waals surface area (Å²) in [5, 5.41) is 10.3. The number of nitrogens with zero attached hydrogens (tertiary/aromatic N) is 1. The van der Waals surface area contributed by atoms with Gasteiger partial charge in [-0.05, 0) is 43.6 Å². The van der Waals surface area contributed by atoms with Crippen LogP contribution in [0.3, 0.4) is 0 Å². The molecule has 2 heteroatoms. The molecule has 1 aromatic rings. The Bertz CT molecular complexity index is 469. The highest BCUT2D eigenvalue weighted by Crippen LogP contribution is 2.42. The molecule has 0 aromatic carbocycles. The number of aliphatic hydroxyl groups is 1. The van der Waals surface area contributed by atoms with E-state index in [0.717, 1.165) is 19.3 Å². The maximum Gasteiger partial charge on any atom is 0.0812 e. The standard InChI is InChI=1S/C16H23NO/c1-16(2)10-14-13(15(18)11-16)8-9-17(14)12-6-4-3-5-7-12/h3-4,8-9,12,15,18H,5-7,10-11H2,1-2H3. The highest BCUT2D eigenvalue weighted by atomic mass is 16.3. The van der Waals surface area contributed by atoms with Gasteiger partial charge in [0.15, 0.2) is 0 Å². The van der Waals surface area contributed by atoms with E-state index in [0.29, 0.717) is 6.04 Å². The topological polar surface area (TPSA) is 25.2 Å². The summed E-state index contributed by atoms with van der Waals surface area (Å²) in [5.41, 5.74) is 2.76. The number of fused-ring (bicyclic) bond motifs is 1. The van der Waals surface area contributed by atoms with Crippen molar-refractivity contribution in [3.8, 4) is 0 Å². The predicted molar refractivity (Wildman–Crippen MR) is 73.5 cm³/mol. The number of aromatic nitrogens is 1. The molecule has 0 saturated heterocycles. The van der Waals surface area contributed by atoms with E-state index in [-0.39, 0.29) is 11.5 Å². The third-order valence-electron chi connectivity index (χ3n) is 4.45. The zero-order valence-corrected chi connectivity index (χ0v) is 11.4. The fourth-order valence-corrected chi connectivity index (χ4v) is 3.52. The normalized spacial score (nSPS) is 30.2. The second kappa shape index (κ2) is 4.27. The minimum absolute atomic E-state index is 0.215. The molecular weight excluding hydrogens is 222 g/mol. The molecule has 2 atom stereocenters. The fourth-order valence-electron chi connectivity index (χ4n) is 3.52. The maximum absolute atomic E-state index is 10.3. The molecule has 0 bridgehead atoms. The SMILES string of the molecule is CC1(C)Cc2c(ccn2C2CC=CCC2)C(O)C1. The molecule has 0 radical (unpaired) electrons. The molecule has 1 aromatic heterocycles. The van der Waals surface area contributed by atoms with Gasteiger partial charge in [0.2, 0.25) is 0 Å². The van der Waals surface area contributed by atoms with Crippen LogP contribution in [0.25, 0.3) is 0 Å². The van der Waals surface area contributed by atoms with Gasteiger partial charge in [0, 0.05) is 23.5 Å². The number of rotatable bonds is 1. The van der Waals surface area contributed by atoms with Crippen LogP contribution >= 0.6 is 0 Å². The fraction of sp³-hybridized carbons (Fsp3) is 0.625. The quantitative estimate of drug-likeness (QED) is 0.748. The van der Waals surface area contributed by atoms with E-state index in [2.05, 4.69) is 42.8 Å². The molecule has 1 N–H and O–H groups in total. The molecule has 0 fully saturated rings. The van der Waals surface area contributed by atoms with E-state index in [4.69, 9.17) is 0 Å². The van der Waals surface area contributed by atoms with Crippen molar-refractivity contribution in [1.29, 1.82) is 0 Å². The summed E-state index contributed by atoms with van der Waals surface area (Å²) >= 11 is 0. The molecule has 2 unspecified atom stereocenters. The summed E-state index contributed by atoms with van der Waals surface area (Å²) in [6.45, 7) is 4.52. The second-order valence-corrected chi connectivity index (χ2v) is 6.62. The molecule has 3 rings (SSSR count). The van der Waals surface area contributed by atoms with Crippen LogP contribution in [-0.4, -0.2) is 9.67 Å². The van der Waals surface area contributed by atoms with E-state index < -0.39 is 0 Å². The monoisotopic (exact) mass is 245 g/mol. The predicted octanol–water partition coefficient (Wildman–Crippen LogP) is 3.78. The molecule has 0 saturated carbocycles. The Labute approximate surface area is 109 Å². The molecule has 2 nitrogen and oxygen atoms in total. The van der Waals surface area contributed by atoms with Crippen molar-refractivity contribution in [2.24, 2.45) is 5.41 Å². The van der Waals surface area contributed by atoms with Crippen LogP contribution in [0.15, 0.2) is 24.4 Å². The third-order valence-corrected chi connectivity index (χ3v) is 4.45. The van der Waals surface area contributed by atoms with Gasteiger partial charge in [-0.15, -0.1) is 0 Å².